The van der Waals surface area contributed by atoms with Crippen LogP contribution in [0.15, 0.2) is 24.3 Å². The summed E-state index contributed by atoms with van der Waals surface area (Å²) in [5.41, 5.74) is 6.17. The van der Waals surface area contributed by atoms with Gasteiger partial charge < -0.3 is 21.1 Å². The van der Waals surface area contributed by atoms with Crippen LogP contribution in [0.5, 0.6) is 0 Å². The quantitative estimate of drug-likeness (QED) is 0.543. The fourth-order valence-corrected chi connectivity index (χ4v) is 0.626. The minimum absolute atomic E-state index is 0.259. The number of nitrogen functional groups attached to an aromatic ring is 1. The van der Waals surface area contributed by atoms with Crippen molar-refractivity contribution in [2.24, 2.45) is 0 Å². The fourth-order valence-electron chi connectivity index (χ4n) is 0.626. The maximum Gasteiger partial charge on any atom is 0.335 e. The number of nitrogens with two attached hydrogens (primary N) is 1. The molecule has 0 fully saturated rings. The van der Waals surface area contributed by atoms with Crippen LogP contribution in [-0.4, -0.2) is 33.4 Å². The third-order valence-corrected chi connectivity index (χ3v) is 1.52. The Morgan fingerprint density at radius 1 is 1.19 bits per heavy atom. The minimum Gasteiger partial charge on any atom is -0.479 e. The molecule has 5 N–H and O–H groups in total. The number of aliphatic hydroxyl groups excluding tert-OH is 1. The molecule has 0 saturated carbocycles. The molecule has 1 aromatic carbocycles. The number of carboxylic acid groups (broad SMARTS) is 2. The van der Waals surface area contributed by atoms with E-state index in [1.807, 2.05) is 0 Å². The van der Waals surface area contributed by atoms with E-state index in [2.05, 4.69) is 0 Å². The van der Waals surface area contributed by atoms with E-state index in [0.29, 0.717) is 5.69 Å². The van der Waals surface area contributed by atoms with Gasteiger partial charge in [-0.2, -0.15) is 0 Å². The van der Waals surface area contributed by atoms with Crippen LogP contribution in [0.1, 0.15) is 17.3 Å². The first-order valence-electron chi connectivity index (χ1n) is 4.34. The second kappa shape index (κ2) is 6.41. The molecule has 6 heteroatoms. The Labute approximate surface area is 91.9 Å². The van der Waals surface area contributed by atoms with Crippen molar-refractivity contribution in [3.63, 3.8) is 0 Å². The lowest BCUT2D eigenvalue weighted by Crippen LogP contribution is -2.13. The average molecular weight is 227 g/mol. The van der Waals surface area contributed by atoms with E-state index in [1.165, 1.54) is 19.1 Å². The molecular formula is C10H13NO5. The smallest absolute Gasteiger partial charge is 0.335 e. The molecule has 0 radical (unpaired) electrons. The molecule has 0 aliphatic rings. The molecule has 1 aromatic rings. The van der Waals surface area contributed by atoms with Gasteiger partial charge in [0.1, 0.15) is 6.10 Å². The molecule has 6 nitrogen and oxygen atoms in total. The number of carbonyl (C=O) groups is 2. The fraction of sp³-hybridized carbons (Fsp3) is 0.200. The van der Waals surface area contributed by atoms with Gasteiger partial charge in [0.15, 0.2) is 0 Å². The molecule has 0 aliphatic heterocycles. The highest BCUT2D eigenvalue weighted by molar-refractivity contribution is 5.87. The largest absolute Gasteiger partial charge is 0.479 e. The van der Waals surface area contributed by atoms with Crippen molar-refractivity contribution in [2.75, 3.05) is 5.73 Å². The van der Waals surface area contributed by atoms with E-state index in [4.69, 9.17) is 21.1 Å². The van der Waals surface area contributed by atoms with Crippen LogP contribution in [0.2, 0.25) is 0 Å². The van der Waals surface area contributed by atoms with Gasteiger partial charge >= 0.3 is 11.9 Å². The summed E-state index contributed by atoms with van der Waals surface area (Å²) in [4.78, 5) is 19.7. The summed E-state index contributed by atoms with van der Waals surface area (Å²) in [5, 5.41) is 24.2. The second-order valence-corrected chi connectivity index (χ2v) is 2.94. The van der Waals surface area contributed by atoms with Gasteiger partial charge in [0.05, 0.1) is 5.56 Å². The zero-order valence-corrected chi connectivity index (χ0v) is 8.62. The lowest BCUT2D eigenvalue weighted by Gasteiger charge is -1.93. The molecule has 1 unspecified atom stereocenters. The van der Waals surface area contributed by atoms with Gasteiger partial charge in [-0.15, -0.1) is 0 Å². The van der Waals surface area contributed by atoms with Crippen molar-refractivity contribution in [1.82, 2.24) is 0 Å². The van der Waals surface area contributed by atoms with E-state index in [-0.39, 0.29) is 5.56 Å². The number of benzene rings is 1. The van der Waals surface area contributed by atoms with Crippen LogP contribution < -0.4 is 5.73 Å². The normalized spacial score (nSPS) is 10.9. The first-order valence-corrected chi connectivity index (χ1v) is 4.34. The average Bonchev–Trinajstić information content (AvgIpc) is 2.19. The summed E-state index contributed by atoms with van der Waals surface area (Å²) < 4.78 is 0. The van der Waals surface area contributed by atoms with Crippen molar-refractivity contribution in [3.8, 4) is 0 Å². The summed E-state index contributed by atoms with van der Waals surface area (Å²) in [5.74, 6) is -2.12. The van der Waals surface area contributed by atoms with Crippen LogP contribution in [-0.2, 0) is 4.79 Å². The molecule has 0 saturated heterocycles. The number of hydrogen-bond donors (Lipinski definition) is 4. The van der Waals surface area contributed by atoms with Crippen molar-refractivity contribution in [2.45, 2.75) is 13.0 Å². The second-order valence-electron chi connectivity index (χ2n) is 2.94. The molecule has 1 rings (SSSR count). The van der Waals surface area contributed by atoms with E-state index >= 15 is 0 Å². The van der Waals surface area contributed by atoms with Crippen molar-refractivity contribution < 1.29 is 24.9 Å². The predicted molar refractivity (Wildman–Crippen MR) is 57.1 cm³/mol. The van der Waals surface area contributed by atoms with Gasteiger partial charge in [0, 0.05) is 5.69 Å². The van der Waals surface area contributed by atoms with Gasteiger partial charge in [-0.1, -0.05) is 0 Å². The summed E-state index contributed by atoms with van der Waals surface area (Å²) in [6.45, 7) is 1.20. The number of aliphatic carboxylic acids is 1. The summed E-state index contributed by atoms with van der Waals surface area (Å²) >= 11 is 0. The summed E-state index contributed by atoms with van der Waals surface area (Å²) in [6.07, 6.45) is -1.23. The van der Waals surface area contributed by atoms with Crippen LogP contribution in [0.3, 0.4) is 0 Å². The van der Waals surface area contributed by atoms with Crippen molar-refractivity contribution in [3.05, 3.63) is 29.8 Å². The number of hydrogen-bond acceptors (Lipinski definition) is 4. The molecule has 0 spiro atoms. The van der Waals surface area contributed by atoms with Crippen LogP contribution in [0.4, 0.5) is 5.69 Å². The Hall–Kier alpha value is -2.08. The Balaban J connectivity index is 0.000000325. The lowest BCUT2D eigenvalue weighted by molar-refractivity contribution is -0.145. The van der Waals surface area contributed by atoms with Gasteiger partial charge in [-0.25, -0.2) is 9.59 Å². The monoisotopic (exact) mass is 227 g/mol. The van der Waals surface area contributed by atoms with Crippen molar-refractivity contribution in [1.29, 1.82) is 0 Å². The topological polar surface area (TPSA) is 121 Å². The SMILES string of the molecule is CC(O)C(=O)O.Nc1ccc(C(=O)O)cc1. The highest BCUT2D eigenvalue weighted by atomic mass is 16.4. The molecule has 88 valence electrons. The summed E-state index contributed by atoms with van der Waals surface area (Å²) in [6, 6.07) is 6.06. The van der Waals surface area contributed by atoms with E-state index in [9.17, 15) is 9.59 Å². The number of aromatic carboxylic acids is 1. The van der Waals surface area contributed by atoms with Crippen LogP contribution >= 0.6 is 0 Å². The number of rotatable bonds is 2. The van der Waals surface area contributed by atoms with Gasteiger partial charge in [-0.3, -0.25) is 0 Å². The van der Waals surface area contributed by atoms with Crippen LogP contribution in [0.25, 0.3) is 0 Å². The first kappa shape index (κ1) is 13.9. The molecule has 0 aromatic heterocycles. The van der Waals surface area contributed by atoms with Gasteiger partial charge in [0.2, 0.25) is 0 Å². The number of carboxylic acids is 2. The number of anilines is 1. The molecular weight excluding hydrogens is 214 g/mol. The zero-order valence-electron chi connectivity index (χ0n) is 8.62. The first-order chi connectivity index (χ1) is 7.34. The highest BCUT2D eigenvalue weighted by Gasteiger charge is 2.01. The molecule has 0 amide bonds. The summed E-state index contributed by atoms with van der Waals surface area (Å²) in [7, 11) is 0. The standard InChI is InChI=1S/C7H7NO2.C3H6O3/c8-6-3-1-5(2-4-6)7(9)10;1-2(4)3(5)6/h1-4H,8H2,(H,9,10);2,4H,1H3,(H,5,6). The van der Waals surface area contributed by atoms with Gasteiger partial charge in [0.25, 0.3) is 0 Å². The van der Waals surface area contributed by atoms with E-state index in [0.717, 1.165) is 0 Å². The molecule has 0 heterocycles. The Kier molecular flexibility index (Phi) is 5.58. The third kappa shape index (κ3) is 5.61. The van der Waals surface area contributed by atoms with E-state index < -0.39 is 18.0 Å². The predicted octanol–water partition coefficient (Wildman–Crippen LogP) is 0.419. The number of aliphatic hydroxyl groups is 1. The minimum atomic E-state index is -1.23. The highest BCUT2D eigenvalue weighted by Crippen LogP contribution is 2.04. The third-order valence-electron chi connectivity index (χ3n) is 1.52. The zero-order chi connectivity index (χ0) is 12.7. The molecule has 0 aliphatic carbocycles. The van der Waals surface area contributed by atoms with Gasteiger partial charge in [-0.05, 0) is 31.2 Å². The molecule has 1 atom stereocenters. The maximum absolute atomic E-state index is 10.3. The Morgan fingerprint density at radius 3 is 1.81 bits per heavy atom. The maximum atomic E-state index is 10.3. The van der Waals surface area contributed by atoms with E-state index in [1.54, 1.807) is 12.1 Å². The Morgan fingerprint density at radius 2 is 1.56 bits per heavy atom. The lowest BCUT2D eigenvalue weighted by atomic mass is 10.2. The van der Waals surface area contributed by atoms with Crippen LogP contribution in [0, 0.1) is 0 Å². The van der Waals surface area contributed by atoms with Crippen molar-refractivity contribution >= 4 is 17.6 Å². The molecule has 16 heavy (non-hydrogen) atoms. The molecule has 0 bridgehead atoms. The Bertz CT molecular complexity index is 358.